The summed E-state index contributed by atoms with van der Waals surface area (Å²) in [5, 5.41) is 0. The van der Waals surface area contributed by atoms with E-state index in [1.165, 1.54) is 0 Å². The van der Waals surface area contributed by atoms with E-state index in [2.05, 4.69) is 0 Å². The number of likely N-dealkylation sites (tertiary alicyclic amines) is 1. The van der Waals surface area contributed by atoms with Crippen molar-refractivity contribution in [2.24, 2.45) is 11.7 Å². The Morgan fingerprint density at radius 3 is 2.36 bits per heavy atom. The fourth-order valence-corrected chi connectivity index (χ4v) is 2.51. The molecule has 1 atom stereocenters. The maximum Gasteiger partial charge on any atom is 0.410 e. The lowest BCUT2D eigenvalue weighted by Crippen LogP contribution is -2.42. The fraction of sp³-hybridized carbons (Fsp3) is 0.875. The second kappa shape index (κ2) is 8.36. The van der Waals surface area contributed by atoms with Gasteiger partial charge in [-0.2, -0.15) is 0 Å². The summed E-state index contributed by atoms with van der Waals surface area (Å²) < 4.78 is 10.3. The van der Waals surface area contributed by atoms with Crippen LogP contribution in [-0.4, -0.2) is 48.3 Å². The van der Waals surface area contributed by atoms with Gasteiger partial charge >= 0.3 is 12.1 Å². The number of carbonyl (C=O) groups is 2. The summed E-state index contributed by atoms with van der Waals surface area (Å²) in [7, 11) is 0. The van der Waals surface area contributed by atoms with Gasteiger partial charge in [-0.3, -0.25) is 4.79 Å². The van der Waals surface area contributed by atoms with Crippen molar-refractivity contribution in [1.82, 2.24) is 4.90 Å². The van der Waals surface area contributed by atoms with Crippen LogP contribution in [0.4, 0.5) is 4.79 Å². The molecule has 1 unspecified atom stereocenters. The lowest BCUT2D eigenvalue weighted by atomic mass is 9.91. The van der Waals surface area contributed by atoms with Crippen molar-refractivity contribution in [1.29, 1.82) is 0 Å². The van der Waals surface area contributed by atoms with Crippen LogP contribution in [0.5, 0.6) is 0 Å². The monoisotopic (exact) mass is 314 g/mol. The highest BCUT2D eigenvalue weighted by Crippen LogP contribution is 2.23. The van der Waals surface area contributed by atoms with E-state index >= 15 is 0 Å². The summed E-state index contributed by atoms with van der Waals surface area (Å²) in [5.74, 6) is 0.174. The van der Waals surface area contributed by atoms with Gasteiger partial charge in [-0.25, -0.2) is 4.79 Å². The topological polar surface area (TPSA) is 81.9 Å². The van der Waals surface area contributed by atoms with Gasteiger partial charge in [-0.1, -0.05) is 0 Å². The molecular weight excluding hydrogens is 284 g/mol. The van der Waals surface area contributed by atoms with E-state index in [-0.39, 0.29) is 12.1 Å². The van der Waals surface area contributed by atoms with Gasteiger partial charge in [-0.15, -0.1) is 0 Å². The summed E-state index contributed by atoms with van der Waals surface area (Å²) in [6.07, 6.45) is 3.14. The Bertz CT molecular complexity index is 371. The summed E-state index contributed by atoms with van der Waals surface area (Å²) in [6, 6.07) is -0.538. The number of hydrogen-bond acceptors (Lipinski definition) is 5. The zero-order valence-electron chi connectivity index (χ0n) is 14.3. The van der Waals surface area contributed by atoms with Gasteiger partial charge in [-0.05, 0) is 59.3 Å². The first-order valence-electron chi connectivity index (χ1n) is 8.13. The van der Waals surface area contributed by atoms with Gasteiger partial charge in [0, 0.05) is 13.1 Å². The third-order valence-electron chi connectivity index (χ3n) is 3.74. The smallest absolute Gasteiger partial charge is 0.410 e. The van der Waals surface area contributed by atoms with Crippen molar-refractivity contribution in [3.05, 3.63) is 0 Å². The highest BCUT2D eigenvalue weighted by Gasteiger charge is 2.27. The predicted octanol–water partition coefficient (Wildman–Crippen LogP) is 2.30. The quantitative estimate of drug-likeness (QED) is 0.787. The molecule has 6 heteroatoms. The van der Waals surface area contributed by atoms with Crippen molar-refractivity contribution >= 4 is 12.1 Å². The number of hydrogen-bond donors (Lipinski definition) is 1. The number of carbonyl (C=O) groups excluding carboxylic acids is 2. The third-order valence-corrected chi connectivity index (χ3v) is 3.74. The number of rotatable bonds is 5. The van der Waals surface area contributed by atoms with Crippen LogP contribution in [0.3, 0.4) is 0 Å². The van der Waals surface area contributed by atoms with Crippen LogP contribution in [-0.2, 0) is 14.3 Å². The molecule has 1 aliphatic heterocycles. The SMILES string of the molecule is CCOC(=O)C(N)CCC1CCN(C(=O)OC(C)(C)C)CC1. The van der Waals surface area contributed by atoms with Crippen molar-refractivity contribution in [3.8, 4) is 0 Å². The molecule has 0 radical (unpaired) electrons. The fourth-order valence-electron chi connectivity index (χ4n) is 2.51. The van der Waals surface area contributed by atoms with Crippen LogP contribution >= 0.6 is 0 Å². The van der Waals surface area contributed by atoms with Crippen molar-refractivity contribution in [3.63, 3.8) is 0 Å². The molecule has 6 nitrogen and oxygen atoms in total. The molecule has 1 heterocycles. The molecule has 1 saturated heterocycles. The highest BCUT2D eigenvalue weighted by molar-refractivity contribution is 5.75. The minimum absolute atomic E-state index is 0.242. The molecule has 2 N–H and O–H groups in total. The van der Waals surface area contributed by atoms with E-state index in [9.17, 15) is 9.59 Å². The van der Waals surface area contributed by atoms with Crippen LogP contribution in [0.25, 0.3) is 0 Å². The predicted molar refractivity (Wildman–Crippen MR) is 84.4 cm³/mol. The molecule has 0 aromatic rings. The number of nitrogens with zero attached hydrogens (tertiary/aromatic N) is 1. The average molecular weight is 314 g/mol. The molecule has 0 spiro atoms. The number of ether oxygens (including phenoxy) is 2. The molecule has 1 fully saturated rings. The lowest BCUT2D eigenvalue weighted by Gasteiger charge is -2.33. The number of nitrogens with two attached hydrogens (primary N) is 1. The molecule has 1 rings (SSSR count). The van der Waals surface area contributed by atoms with Crippen molar-refractivity contribution in [2.45, 2.75) is 65.0 Å². The van der Waals surface area contributed by atoms with Crippen LogP contribution in [0.2, 0.25) is 0 Å². The minimum Gasteiger partial charge on any atom is -0.465 e. The van der Waals surface area contributed by atoms with Crippen LogP contribution in [0, 0.1) is 5.92 Å². The Kier molecular flexibility index (Phi) is 7.13. The molecule has 0 aromatic carbocycles. The van der Waals surface area contributed by atoms with Crippen molar-refractivity contribution < 1.29 is 19.1 Å². The van der Waals surface area contributed by atoms with Gasteiger partial charge in [0.25, 0.3) is 0 Å². The number of piperidine rings is 1. The molecule has 0 saturated carbocycles. The molecule has 0 aliphatic carbocycles. The molecule has 0 bridgehead atoms. The third kappa shape index (κ3) is 6.64. The lowest BCUT2D eigenvalue weighted by molar-refractivity contribution is -0.144. The average Bonchev–Trinajstić information content (AvgIpc) is 2.43. The minimum atomic E-state index is -0.538. The van der Waals surface area contributed by atoms with Gasteiger partial charge in [0.05, 0.1) is 6.61 Å². The van der Waals surface area contributed by atoms with E-state index < -0.39 is 11.6 Å². The maximum atomic E-state index is 12.0. The van der Waals surface area contributed by atoms with Gasteiger partial charge in [0.15, 0.2) is 0 Å². The first kappa shape index (κ1) is 18.7. The van der Waals surface area contributed by atoms with Gasteiger partial charge in [0.1, 0.15) is 11.6 Å². The molecule has 22 heavy (non-hydrogen) atoms. The molecule has 128 valence electrons. The second-order valence-corrected chi connectivity index (χ2v) is 6.85. The zero-order chi connectivity index (χ0) is 16.8. The molecule has 1 aliphatic rings. The Morgan fingerprint density at radius 2 is 1.86 bits per heavy atom. The molecule has 0 aromatic heterocycles. The van der Waals surface area contributed by atoms with E-state index in [0.29, 0.717) is 32.0 Å². The summed E-state index contributed by atoms with van der Waals surface area (Å²) in [4.78, 5) is 25.2. The number of amides is 1. The first-order valence-corrected chi connectivity index (χ1v) is 8.13. The summed E-state index contributed by atoms with van der Waals surface area (Å²) in [6.45, 7) is 9.15. The van der Waals surface area contributed by atoms with Gasteiger partial charge in [0.2, 0.25) is 0 Å². The largest absolute Gasteiger partial charge is 0.465 e. The molecule has 1 amide bonds. The Labute approximate surface area is 133 Å². The molecular formula is C16H30N2O4. The maximum absolute atomic E-state index is 12.0. The Balaban J connectivity index is 2.28. The summed E-state index contributed by atoms with van der Waals surface area (Å²) in [5.41, 5.74) is 5.35. The summed E-state index contributed by atoms with van der Waals surface area (Å²) >= 11 is 0. The van der Waals surface area contributed by atoms with E-state index in [1.807, 2.05) is 20.8 Å². The van der Waals surface area contributed by atoms with E-state index in [1.54, 1.807) is 11.8 Å². The van der Waals surface area contributed by atoms with Crippen LogP contribution < -0.4 is 5.73 Å². The van der Waals surface area contributed by atoms with Crippen LogP contribution in [0.1, 0.15) is 53.4 Å². The first-order chi connectivity index (χ1) is 10.2. The Hall–Kier alpha value is -1.30. The van der Waals surface area contributed by atoms with Crippen molar-refractivity contribution in [2.75, 3.05) is 19.7 Å². The zero-order valence-corrected chi connectivity index (χ0v) is 14.3. The van der Waals surface area contributed by atoms with Gasteiger partial charge < -0.3 is 20.1 Å². The normalized spacial score (nSPS) is 18.0. The van der Waals surface area contributed by atoms with E-state index in [4.69, 9.17) is 15.2 Å². The van der Waals surface area contributed by atoms with E-state index in [0.717, 1.165) is 19.3 Å². The Morgan fingerprint density at radius 1 is 1.27 bits per heavy atom. The number of esters is 1. The second-order valence-electron chi connectivity index (χ2n) is 6.85. The highest BCUT2D eigenvalue weighted by atomic mass is 16.6. The standard InChI is InChI=1S/C16H30N2O4/c1-5-21-14(19)13(17)7-6-12-8-10-18(11-9-12)15(20)22-16(2,3)4/h12-13H,5-11,17H2,1-4H3. The van der Waals surface area contributed by atoms with Crippen LogP contribution in [0.15, 0.2) is 0 Å².